The van der Waals surface area contributed by atoms with Crippen LogP contribution in [0.3, 0.4) is 0 Å². The van der Waals surface area contributed by atoms with Crippen LogP contribution in [0.5, 0.6) is 0 Å². The fraction of sp³-hybridized carbons (Fsp3) is 0.545. The topological polar surface area (TPSA) is 66.5 Å². The second-order valence-electron chi connectivity index (χ2n) is 4.79. The molecule has 0 aliphatic carbocycles. The van der Waals surface area contributed by atoms with Crippen LogP contribution in [0.1, 0.15) is 13.3 Å². The van der Waals surface area contributed by atoms with E-state index in [2.05, 4.69) is 21.2 Å². The molecule has 1 unspecified atom stereocenters. The Bertz CT molecular complexity index is 599. The summed E-state index contributed by atoms with van der Waals surface area (Å²) in [6, 6.07) is 3.30. The van der Waals surface area contributed by atoms with E-state index in [0.29, 0.717) is 17.2 Å². The van der Waals surface area contributed by atoms with Crippen molar-refractivity contribution in [1.82, 2.24) is 9.62 Å². The number of carbonyl (C=O) groups excluding carboxylic acids is 1. The first-order chi connectivity index (χ1) is 8.79. The Hall–Kier alpha value is -0.440. The fourth-order valence-electron chi connectivity index (χ4n) is 2.17. The third-order valence-electron chi connectivity index (χ3n) is 3.36. The molecule has 1 aliphatic rings. The molecule has 0 radical (unpaired) electrons. The van der Waals surface area contributed by atoms with Crippen molar-refractivity contribution in [3.8, 4) is 0 Å². The highest BCUT2D eigenvalue weighted by atomic mass is 79.9. The zero-order valence-corrected chi connectivity index (χ0v) is 13.9. The van der Waals surface area contributed by atoms with Crippen molar-refractivity contribution in [3.05, 3.63) is 15.9 Å². The number of nitrogens with one attached hydrogen (secondary N) is 1. The Kier molecular flexibility index (Phi) is 4.06. The summed E-state index contributed by atoms with van der Waals surface area (Å²) in [6.45, 7) is 2.40. The van der Waals surface area contributed by atoms with Crippen LogP contribution in [-0.2, 0) is 14.8 Å². The molecule has 1 aliphatic heterocycles. The Balaban J connectivity index is 2.24. The molecule has 1 fully saturated rings. The minimum atomic E-state index is -3.49. The first kappa shape index (κ1) is 15.0. The van der Waals surface area contributed by atoms with Crippen LogP contribution in [-0.4, -0.2) is 38.8 Å². The van der Waals surface area contributed by atoms with Crippen LogP contribution >= 0.6 is 27.3 Å². The van der Waals surface area contributed by atoms with Gasteiger partial charge >= 0.3 is 0 Å². The molecule has 0 bridgehead atoms. The first-order valence-corrected chi connectivity index (χ1v) is 8.82. The van der Waals surface area contributed by atoms with Gasteiger partial charge < -0.3 is 5.32 Å². The second kappa shape index (κ2) is 5.16. The van der Waals surface area contributed by atoms with E-state index in [1.165, 1.54) is 15.6 Å². The molecule has 0 saturated carbocycles. The van der Waals surface area contributed by atoms with Crippen LogP contribution in [0.25, 0.3) is 0 Å². The van der Waals surface area contributed by atoms with Gasteiger partial charge in [-0.25, -0.2) is 8.42 Å². The largest absolute Gasteiger partial charge is 0.359 e. The van der Waals surface area contributed by atoms with Gasteiger partial charge in [-0.1, -0.05) is 0 Å². The van der Waals surface area contributed by atoms with Crippen molar-refractivity contribution in [2.24, 2.45) is 5.41 Å². The molecule has 1 aromatic rings. The molecule has 8 heteroatoms. The Morgan fingerprint density at radius 1 is 1.53 bits per heavy atom. The van der Waals surface area contributed by atoms with Gasteiger partial charge in [-0.2, -0.15) is 4.31 Å². The molecule has 1 atom stereocenters. The number of halogens is 1. The smallest absolute Gasteiger partial charge is 0.252 e. The van der Waals surface area contributed by atoms with Crippen molar-refractivity contribution >= 4 is 43.2 Å². The van der Waals surface area contributed by atoms with E-state index < -0.39 is 15.4 Å². The lowest BCUT2D eigenvalue weighted by Crippen LogP contribution is -2.40. The number of carbonyl (C=O) groups is 1. The number of sulfonamides is 1. The van der Waals surface area contributed by atoms with Crippen molar-refractivity contribution in [2.75, 3.05) is 20.1 Å². The van der Waals surface area contributed by atoms with Crippen LogP contribution in [0.4, 0.5) is 0 Å². The van der Waals surface area contributed by atoms with Gasteiger partial charge in [0.25, 0.3) is 10.0 Å². The van der Waals surface area contributed by atoms with E-state index >= 15 is 0 Å². The van der Waals surface area contributed by atoms with Gasteiger partial charge in [0, 0.05) is 20.1 Å². The van der Waals surface area contributed by atoms with Crippen molar-refractivity contribution in [2.45, 2.75) is 17.6 Å². The lowest BCUT2D eigenvalue weighted by atomic mass is 9.89. The highest BCUT2D eigenvalue weighted by Gasteiger charge is 2.44. The van der Waals surface area contributed by atoms with Gasteiger partial charge in [0.1, 0.15) is 4.21 Å². The predicted molar refractivity (Wildman–Crippen MR) is 77.6 cm³/mol. The first-order valence-electron chi connectivity index (χ1n) is 5.77. The summed E-state index contributed by atoms with van der Waals surface area (Å²) in [6.07, 6.45) is 0.540. The van der Waals surface area contributed by atoms with Gasteiger partial charge in [0.15, 0.2) is 0 Å². The molecule has 106 valence electrons. The summed E-state index contributed by atoms with van der Waals surface area (Å²) in [5, 5.41) is 2.60. The number of amides is 1. The number of hydrogen-bond acceptors (Lipinski definition) is 4. The predicted octanol–water partition coefficient (Wildman–Crippen LogP) is 1.66. The number of hydrogen-bond donors (Lipinski definition) is 1. The molecule has 1 aromatic heterocycles. The quantitative estimate of drug-likeness (QED) is 0.884. The zero-order valence-electron chi connectivity index (χ0n) is 10.6. The normalized spacial score (nSPS) is 24.6. The maximum atomic E-state index is 12.4. The molecular weight excluding hydrogens is 352 g/mol. The van der Waals surface area contributed by atoms with E-state index in [0.717, 1.165) is 3.79 Å². The Labute approximate surface area is 125 Å². The third kappa shape index (κ3) is 2.72. The molecule has 0 spiro atoms. The van der Waals surface area contributed by atoms with E-state index in [1.807, 2.05) is 0 Å². The molecule has 19 heavy (non-hydrogen) atoms. The summed E-state index contributed by atoms with van der Waals surface area (Å²) < 4.78 is 27.3. The van der Waals surface area contributed by atoms with Crippen LogP contribution in [0.2, 0.25) is 0 Å². The van der Waals surface area contributed by atoms with Gasteiger partial charge in [-0.15, -0.1) is 11.3 Å². The lowest BCUT2D eigenvalue weighted by molar-refractivity contribution is -0.128. The second-order valence-corrected chi connectivity index (χ2v) is 9.41. The summed E-state index contributed by atoms with van der Waals surface area (Å²) in [5.74, 6) is -0.113. The summed E-state index contributed by atoms with van der Waals surface area (Å²) >= 11 is 4.44. The SMILES string of the molecule is CNC(=O)C1(C)CCN(S(=O)(=O)c2ccc(Br)s2)C1. The maximum Gasteiger partial charge on any atom is 0.252 e. The van der Waals surface area contributed by atoms with Gasteiger partial charge in [0.2, 0.25) is 5.91 Å². The average Bonchev–Trinajstić information content (AvgIpc) is 2.96. The Morgan fingerprint density at radius 3 is 2.74 bits per heavy atom. The van der Waals surface area contributed by atoms with Gasteiger partial charge in [0.05, 0.1) is 9.20 Å². The molecule has 1 N–H and O–H groups in total. The standard InChI is InChI=1S/C11H15BrN2O3S2/c1-11(10(15)13-2)5-6-14(7-11)19(16,17)9-4-3-8(12)18-9/h3-4H,5-7H2,1-2H3,(H,13,15). The maximum absolute atomic E-state index is 12.4. The molecular formula is C11H15BrN2O3S2. The molecule has 0 aromatic carbocycles. The van der Waals surface area contributed by atoms with Crippen molar-refractivity contribution in [3.63, 3.8) is 0 Å². The molecule has 2 heterocycles. The third-order valence-corrected chi connectivity index (χ3v) is 7.29. The van der Waals surface area contributed by atoms with E-state index in [1.54, 1.807) is 26.1 Å². The van der Waals surface area contributed by atoms with E-state index in [4.69, 9.17) is 0 Å². The van der Waals surface area contributed by atoms with Gasteiger partial charge in [-0.3, -0.25) is 4.79 Å². The number of rotatable bonds is 3. The summed E-state index contributed by atoms with van der Waals surface area (Å²) in [7, 11) is -1.92. The summed E-state index contributed by atoms with van der Waals surface area (Å²) in [5.41, 5.74) is -0.643. The molecule has 1 saturated heterocycles. The number of thiophene rings is 1. The fourth-order valence-corrected chi connectivity index (χ4v) is 5.90. The average molecular weight is 367 g/mol. The molecule has 5 nitrogen and oxygen atoms in total. The van der Waals surface area contributed by atoms with Crippen molar-refractivity contribution < 1.29 is 13.2 Å². The highest BCUT2D eigenvalue weighted by molar-refractivity contribution is 9.11. The lowest BCUT2D eigenvalue weighted by Gasteiger charge is -2.22. The highest BCUT2D eigenvalue weighted by Crippen LogP contribution is 2.36. The summed E-state index contributed by atoms with van der Waals surface area (Å²) in [4.78, 5) is 11.8. The zero-order chi connectivity index (χ0) is 14.3. The minimum absolute atomic E-state index is 0.113. The van der Waals surface area contributed by atoms with E-state index in [-0.39, 0.29) is 12.5 Å². The molecule has 1 amide bonds. The monoisotopic (exact) mass is 366 g/mol. The van der Waals surface area contributed by atoms with Crippen LogP contribution < -0.4 is 5.32 Å². The van der Waals surface area contributed by atoms with E-state index in [9.17, 15) is 13.2 Å². The number of nitrogens with zero attached hydrogens (tertiary/aromatic N) is 1. The minimum Gasteiger partial charge on any atom is -0.359 e. The van der Waals surface area contributed by atoms with Crippen LogP contribution in [0.15, 0.2) is 20.1 Å². The molecule has 2 rings (SSSR count). The van der Waals surface area contributed by atoms with Crippen LogP contribution in [0, 0.1) is 5.41 Å². The van der Waals surface area contributed by atoms with Crippen molar-refractivity contribution in [1.29, 1.82) is 0 Å². The van der Waals surface area contributed by atoms with Gasteiger partial charge in [-0.05, 0) is 41.4 Å². The Morgan fingerprint density at radius 2 is 2.21 bits per heavy atom.